The van der Waals surface area contributed by atoms with Crippen molar-refractivity contribution in [3.8, 4) is 11.5 Å². The van der Waals surface area contributed by atoms with Gasteiger partial charge in [-0.1, -0.05) is 29.8 Å². The van der Waals surface area contributed by atoms with Crippen molar-refractivity contribution in [2.75, 3.05) is 13.1 Å². The number of hydrogen-bond donors (Lipinski definition) is 1. The van der Waals surface area contributed by atoms with Gasteiger partial charge in [0.25, 0.3) is 0 Å². The number of hydrogen-bond acceptors (Lipinski definition) is 3. The van der Waals surface area contributed by atoms with Gasteiger partial charge in [-0.15, -0.1) is 0 Å². The van der Waals surface area contributed by atoms with Crippen LogP contribution in [0.3, 0.4) is 0 Å². The van der Waals surface area contributed by atoms with Crippen molar-refractivity contribution in [3.05, 3.63) is 76.2 Å². The Hall–Kier alpha value is -2.43. The van der Waals surface area contributed by atoms with Gasteiger partial charge in [-0.2, -0.15) is 0 Å². The molecule has 1 aromatic carbocycles. The van der Waals surface area contributed by atoms with Crippen molar-refractivity contribution in [3.63, 3.8) is 0 Å². The summed E-state index contributed by atoms with van der Waals surface area (Å²) < 4.78 is 0. The second-order valence-corrected chi connectivity index (χ2v) is 7.19. The molecule has 26 heavy (non-hydrogen) atoms. The van der Waals surface area contributed by atoms with Crippen LogP contribution in [0, 0.1) is 13.8 Å². The standard InChI is InChI=1S/C21H21ClN4/c1-14-15(2)25-21(24-14)20-11-17(7-9-23-20)18-8-10-26(13-18)12-16-3-5-19(22)6-4-16/h3-9,11H,10,12-13H2,1-2H3,(H,24,25). The lowest BCUT2D eigenvalue weighted by Crippen LogP contribution is -2.20. The van der Waals surface area contributed by atoms with E-state index in [0.29, 0.717) is 0 Å². The van der Waals surface area contributed by atoms with Gasteiger partial charge in [0.05, 0.1) is 5.69 Å². The molecule has 2 aromatic heterocycles. The lowest BCUT2D eigenvalue weighted by molar-refractivity contribution is 0.348. The highest BCUT2D eigenvalue weighted by Crippen LogP contribution is 2.25. The molecule has 1 aliphatic heterocycles. The topological polar surface area (TPSA) is 44.8 Å². The Morgan fingerprint density at radius 3 is 2.69 bits per heavy atom. The molecular formula is C21H21ClN4. The molecule has 0 spiro atoms. The number of H-pyrrole nitrogens is 1. The fourth-order valence-electron chi connectivity index (χ4n) is 3.22. The quantitative estimate of drug-likeness (QED) is 0.733. The second kappa shape index (κ2) is 7.06. The summed E-state index contributed by atoms with van der Waals surface area (Å²) in [5.74, 6) is 0.832. The molecule has 0 fully saturated rings. The van der Waals surface area contributed by atoms with Gasteiger partial charge in [-0.25, -0.2) is 4.98 Å². The Balaban J connectivity index is 1.48. The normalized spacial score (nSPS) is 14.7. The van der Waals surface area contributed by atoms with Crippen LogP contribution in [-0.2, 0) is 6.54 Å². The van der Waals surface area contributed by atoms with E-state index in [1.54, 1.807) is 0 Å². The van der Waals surface area contributed by atoms with Gasteiger partial charge in [-0.05, 0) is 54.8 Å². The van der Waals surface area contributed by atoms with Crippen molar-refractivity contribution in [1.29, 1.82) is 0 Å². The molecule has 0 amide bonds. The van der Waals surface area contributed by atoms with E-state index in [2.05, 4.69) is 50.2 Å². The third kappa shape index (κ3) is 3.57. The van der Waals surface area contributed by atoms with Gasteiger partial charge in [0.1, 0.15) is 5.69 Å². The van der Waals surface area contributed by atoms with Crippen molar-refractivity contribution < 1.29 is 0 Å². The van der Waals surface area contributed by atoms with Crippen LogP contribution in [0.25, 0.3) is 17.1 Å². The van der Waals surface area contributed by atoms with Crippen LogP contribution >= 0.6 is 11.6 Å². The van der Waals surface area contributed by atoms with Gasteiger partial charge in [0, 0.05) is 36.5 Å². The number of halogens is 1. The van der Waals surface area contributed by atoms with E-state index in [-0.39, 0.29) is 0 Å². The van der Waals surface area contributed by atoms with Gasteiger partial charge < -0.3 is 4.98 Å². The zero-order valence-electron chi connectivity index (χ0n) is 15.0. The van der Waals surface area contributed by atoms with E-state index in [4.69, 9.17) is 11.6 Å². The number of nitrogens with zero attached hydrogens (tertiary/aromatic N) is 3. The van der Waals surface area contributed by atoms with Crippen molar-refractivity contribution in [2.45, 2.75) is 20.4 Å². The van der Waals surface area contributed by atoms with Crippen LogP contribution in [0.2, 0.25) is 5.02 Å². The average molecular weight is 365 g/mol. The third-order valence-corrected chi connectivity index (χ3v) is 5.06. The Morgan fingerprint density at radius 1 is 1.15 bits per heavy atom. The summed E-state index contributed by atoms with van der Waals surface area (Å²) >= 11 is 5.97. The molecular weight excluding hydrogens is 344 g/mol. The molecule has 1 N–H and O–H groups in total. The minimum atomic E-state index is 0.779. The number of nitrogens with one attached hydrogen (secondary N) is 1. The Bertz CT molecular complexity index is 937. The summed E-state index contributed by atoms with van der Waals surface area (Å²) in [4.78, 5) is 14.8. The molecule has 0 saturated heterocycles. The van der Waals surface area contributed by atoms with Gasteiger partial charge >= 0.3 is 0 Å². The Kier molecular flexibility index (Phi) is 4.62. The highest BCUT2D eigenvalue weighted by molar-refractivity contribution is 6.30. The highest BCUT2D eigenvalue weighted by Gasteiger charge is 2.17. The molecule has 0 bridgehead atoms. The van der Waals surface area contributed by atoms with Crippen molar-refractivity contribution in [2.24, 2.45) is 0 Å². The fourth-order valence-corrected chi connectivity index (χ4v) is 3.34. The van der Waals surface area contributed by atoms with E-state index in [0.717, 1.165) is 47.6 Å². The van der Waals surface area contributed by atoms with Crippen LogP contribution in [0.5, 0.6) is 0 Å². The lowest BCUT2D eigenvalue weighted by atomic mass is 10.1. The Morgan fingerprint density at radius 2 is 1.96 bits per heavy atom. The van der Waals surface area contributed by atoms with E-state index in [9.17, 15) is 0 Å². The first-order valence-corrected chi connectivity index (χ1v) is 9.12. The van der Waals surface area contributed by atoms with Gasteiger partial charge in [0.15, 0.2) is 5.82 Å². The molecule has 3 heterocycles. The largest absolute Gasteiger partial charge is 0.341 e. The zero-order chi connectivity index (χ0) is 18.1. The maximum atomic E-state index is 5.97. The van der Waals surface area contributed by atoms with Crippen LogP contribution < -0.4 is 0 Å². The highest BCUT2D eigenvalue weighted by atomic mass is 35.5. The number of benzene rings is 1. The van der Waals surface area contributed by atoms with Crippen LogP contribution in [0.15, 0.2) is 48.7 Å². The lowest BCUT2D eigenvalue weighted by Gasteiger charge is -2.16. The zero-order valence-corrected chi connectivity index (χ0v) is 15.7. The van der Waals surface area contributed by atoms with E-state index < -0.39 is 0 Å². The SMILES string of the molecule is Cc1nc(-c2cc(C3=CCN(Cc4ccc(Cl)cc4)C3)ccn2)[nH]c1C. The molecule has 1 aliphatic rings. The van der Waals surface area contributed by atoms with E-state index in [1.807, 2.05) is 32.2 Å². The first-order valence-electron chi connectivity index (χ1n) is 8.74. The van der Waals surface area contributed by atoms with Crippen LogP contribution in [0.4, 0.5) is 0 Å². The molecule has 0 saturated carbocycles. The first-order chi connectivity index (χ1) is 12.6. The predicted octanol–water partition coefficient (Wildman–Crippen LogP) is 4.64. The number of aromatic nitrogens is 3. The van der Waals surface area contributed by atoms with Crippen LogP contribution in [-0.4, -0.2) is 32.9 Å². The molecule has 0 atom stereocenters. The molecule has 0 unspecified atom stereocenters. The number of aromatic amines is 1. The third-order valence-electron chi connectivity index (χ3n) is 4.81. The average Bonchev–Trinajstić information content (AvgIpc) is 3.24. The molecule has 132 valence electrons. The van der Waals surface area contributed by atoms with Crippen molar-refractivity contribution in [1.82, 2.24) is 19.9 Å². The maximum Gasteiger partial charge on any atom is 0.156 e. The van der Waals surface area contributed by atoms with Crippen LogP contribution in [0.1, 0.15) is 22.5 Å². The summed E-state index contributed by atoms with van der Waals surface area (Å²) in [6, 6.07) is 12.3. The molecule has 4 rings (SSSR count). The molecule has 4 nitrogen and oxygen atoms in total. The van der Waals surface area contributed by atoms with E-state index >= 15 is 0 Å². The van der Waals surface area contributed by atoms with Crippen molar-refractivity contribution >= 4 is 17.2 Å². The number of pyridine rings is 1. The smallest absolute Gasteiger partial charge is 0.156 e. The number of rotatable bonds is 4. The fraction of sp³-hybridized carbons (Fsp3) is 0.238. The summed E-state index contributed by atoms with van der Waals surface area (Å²) in [5, 5.41) is 0.779. The minimum absolute atomic E-state index is 0.779. The monoisotopic (exact) mass is 364 g/mol. The minimum Gasteiger partial charge on any atom is -0.341 e. The molecule has 0 aliphatic carbocycles. The molecule has 0 radical (unpaired) electrons. The molecule has 3 aromatic rings. The summed E-state index contributed by atoms with van der Waals surface area (Å²) in [6.45, 7) is 6.85. The maximum absolute atomic E-state index is 5.97. The van der Waals surface area contributed by atoms with Gasteiger partial charge in [-0.3, -0.25) is 9.88 Å². The summed E-state index contributed by atoms with van der Waals surface area (Å²) in [6.07, 6.45) is 4.16. The number of imidazole rings is 1. The van der Waals surface area contributed by atoms with Gasteiger partial charge in [0.2, 0.25) is 0 Å². The Labute approximate surface area is 158 Å². The predicted molar refractivity (Wildman–Crippen MR) is 106 cm³/mol. The van der Waals surface area contributed by atoms with E-state index in [1.165, 1.54) is 16.7 Å². The number of aryl methyl sites for hydroxylation is 2. The summed E-state index contributed by atoms with van der Waals surface area (Å²) in [5.41, 5.74) is 6.81. The molecule has 5 heteroatoms. The first kappa shape index (κ1) is 17.0. The second-order valence-electron chi connectivity index (χ2n) is 6.75. The summed E-state index contributed by atoms with van der Waals surface area (Å²) in [7, 11) is 0.